The Kier molecular flexibility index (Phi) is 7.05. The van der Waals surface area contributed by atoms with Crippen LogP contribution in [-0.4, -0.2) is 48.5 Å². The number of amides is 1. The first-order valence-corrected chi connectivity index (χ1v) is 11.9. The normalized spacial score (nSPS) is 15.5. The molecule has 6 nitrogen and oxygen atoms in total. The number of fused-ring (bicyclic) bond motifs is 2. The van der Waals surface area contributed by atoms with Crippen molar-refractivity contribution in [3.05, 3.63) is 74.6 Å². The van der Waals surface area contributed by atoms with Crippen LogP contribution >= 0.6 is 11.6 Å². The van der Waals surface area contributed by atoms with Crippen molar-refractivity contribution in [1.82, 2.24) is 9.80 Å². The Morgan fingerprint density at radius 2 is 1.79 bits per heavy atom. The van der Waals surface area contributed by atoms with E-state index >= 15 is 0 Å². The molecule has 1 atom stereocenters. The zero-order valence-electron chi connectivity index (χ0n) is 19.3. The van der Waals surface area contributed by atoms with E-state index in [1.807, 2.05) is 19.1 Å². The third-order valence-electron chi connectivity index (χ3n) is 6.20. The first-order chi connectivity index (χ1) is 16.0. The third-order valence-corrected chi connectivity index (χ3v) is 6.46. The van der Waals surface area contributed by atoms with Gasteiger partial charge in [0.25, 0.3) is 5.91 Å². The van der Waals surface area contributed by atoms with Crippen molar-refractivity contribution >= 4 is 28.5 Å². The number of ether oxygens (including phenoxy) is 1. The minimum absolute atomic E-state index is 0.115. The van der Waals surface area contributed by atoms with Gasteiger partial charge in [-0.3, -0.25) is 9.59 Å². The summed E-state index contributed by atoms with van der Waals surface area (Å²) in [5.74, 6) is 0.457. The molecule has 0 saturated heterocycles. The maximum Gasteiger partial charge on any atom is 0.290 e. The van der Waals surface area contributed by atoms with Crippen LogP contribution in [-0.2, 0) is 0 Å². The fourth-order valence-electron chi connectivity index (χ4n) is 4.48. The lowest BCUT2D eigenvalue weighted by Crippen LogP contribution is -2.33. The average Bonchev–Trinajstić information content (AvgIpc) is 3.09. The molecule has 1 aliphatic rings. The number of hydrogen-bond donors (Lipinski definition) is 0. The van der Waals surface area contributed by atoms with Crippen LogP contribution in [0.5, 0.6) is 5.75 Å². The van der Waals surface area contributed by atoms with Crippen LogP contribution in [0.15, 0.2) is 51.7 Å². The van der Waals surface area contributed by atoms with Crippen molar-refractivity contribution in [2.45, 2.75) is 33.2 Å². The molecule has 4 rings (SSSR count). The second kappa shape index (κ2) is 9.98. The lowest BCUT2D eigenvalue weighted by molar-refractivity contribution is 0.0720. The molecule has 0 radical (unpaired) electrons. The van der Waals surface area contributed by atoms with E-state index in [9.17, 15) is 9.59 Å². The van der Waals surface area contributed by atoms with Crippen LogP contribution in [0.2, 0.25) is 5.02 Å². The minimum atomic E-state index is -0.506. The Morgan fingerprint density at radius 3 is 2.45 bits per heavy atom. The van der Waals surface area contributed by atoms with Gasteiger partial charge >= 0.3 is 0 Å². The molecule has 1 unspecified atom stereocenters. The topological polar surface area (TPSA) is 63.0 Å². The largest absolute Gasteiger partial charge is 0.494 e. The predicted octanol–water partition coefficient (Wildman–Crippen LogP) is 5.12. The highest BCUT2D eigenvalue weighted by atomic mass is 35.5. The second-order valence-corrected chi connectivity index (χ2v) is 8.53. The number of hydrogen-bond acceptors (Lipinski definition) is 5. The Balaban J connectivity index is 1.79. The summed E-state index contributed by atoms with van der Waals surface area (Å²) in [6.07, 6.45) is 0.799. The van der Waals surface area contributed by atoms with Gasteiger partial charge in [0.2, 0.25) is 5.76 Å². The monoisotopic (exact) mass is 468 g/mol. The van der Waals surface area contributed by atoms with E-state index in [0.717, 1.165) is 31.6 Å². The standard InChI is InChI=1S/C26H29ClN2O4/c1-4-28(5-2)14-7-15-29-23(17-8-10-18(27)11-9-17)22-24(30)20-13-12-19(32-6-3)16-21(20)33-25(22)26(29)31/h8-13,16,23H,4-7,14-15H2,1-3H3. The first kappa shape index (κ1) is 23.3. The van der Waals surface area contributed by atoms with Gasteiger partial charge < -0.3 is 19.0 Å². The Labute approximate surface area is 198 Å². The average molecular weight is 469 g/mol. The molecule has 0 saturated carbocycles. The molecular weight excluding hydrogens is 440 g/mol. The molecule has 7 heteroatoms. The van der Waals surface area contributed by atoms with E-state index in [1.54, 1.807) is 35.2 Å². The van der Waals surface area contributed by atoms with E-state index in [-0.39, 0.29) is 17.1 Å². The third kappa shape index (κ3) is 4.50. The number of nitrogens with zero attached hydrogens (tertiary/aromatic N) is 2. The van der Waals surface area contributed by atoms with E-state index in [4.69, 9.17) is 20.8 Å². The quantitative estimate of drug-likeness (QED) is 0.436. The molecule has 174 valence electrons. The fraction of sp³-hybridized carbons (Fsp3) is 0.385. The van der Waals surface area contributed by atoms with Gasteiger partial charge in [-0.25, -0.2) is 0 Å². The lowest BCUT2D eigenvalue weighted by Gasteiger charge is -2.26. The van der Waals surface area contributed by atoms with Gasteiger partial charge in [0.05, 0.1) is 23.6 Å². The number of benzene rings is 2. The maximum absolute atomic E-state index is 13.6. The summed E-state index contributed by atoms with van der Waals surface area (Å²) >= 11 is 6.11. The van der Waals surface area contributed by atoms with Crippen molar-refractivity contribution < 1.29 is 13.9 Å². The maximum atomic E-state index is 13.6. The molecule has 0 spiro atoms. The Morgan fingerprint density at radius 1 is 1.06 bits per heavy atom. The zero-order chi connectivity index (χ0) is 23.5. The van der Waals surface area contributed by atoms with Crippen molar-refractivity contribution in [3.8, 4) is 5.75 Å². The number of halogens is 1. The first-order valence-electron chi connectivity index (χ1n) is 11.5. The van der Waals surface area contributed by atoms with Gasteiger partial charge in [0.1, 0.15) is 11.3 Å². The fourth-order valence-corrected chi connectivity index (χ4v) is 4.61. The zero-order valence-corrected chi connectivity index (χ0v) is 20.0. The van der Waals surface area contributed by atoms with Gasteiger partial charge in [-0.2, -0.15) is 0 Å². The smallest absolute Gasteiger partial charge is 0.290 e. The highest BCUT2D eigenvalue weighted by molar-refractivity contribution is 6.30. The highest BCUT2D eigenvalue weighted by Crippen LogP contribution is 2.38. The summed E-state index contributed by atoms with van der Waals surface area (Å²) in [7, 11) is 0. The van der Waals surface area contributed by atoms with Crippen molar-refractivity contribution in [2.75, 3.05) is 32.8 Å². The SMILES string of the molecule is CCOc1ccc2c(=O)c3c(oc2c1)C(=O)N(CCCN(CC)CC)C3c1ccc(Cl)cc1. The van der Waals surface area contributed by atoms with E-state index in [0.29, 0.717) is 40.5 Å². The van der Waals surface area contributed by atoms with Crippen LogP contribution in [0.4, 0.5) is 0 Å². The van der Waals surface area contributed by atoms with Crippen LogP contribution in [0, 0.1) is 0 Å². The molecule has 3 aromatic rings. The number of carbonyl (C=O) groups excluding carboxylic acids is 1. The van der Waals surface area contributed by atoms with Crippen LogP contribution < -0.4 is 10.2 Å². The molecule has 0 N–H and O–H groups in total. The van der Waals surface area contributed by atoms with E-state index < -0.39 is 6.04 Å². The summed E-state index contributed by atoms with van der Waals surface area (Å²) < 4.78 is 11.6. The van der Waals surface area contributed by atoms with Crippen molar-refractivity contribution in [1.29, 1.82) is 0 Å². The number of rotatable bonds is 9. The van der Waals surface area contributed by atoms with Gasteiger partial charge in [0.15, 0.2) is 5.43 Å². The molecule has 1 amide bonds. The highest BCUT2D eigenvalue weighted by Gasteiger charge is 2.42. The van der Waals surface area contributed by atoms with E-state index in [1.165, 1.54) is 0 Å². The van der Waals surface area contributed by atoms with Gasteiger partial charge in [-0.05, 0) is 62.8 Å². The summed E-state index contributed by atoms with van der Waals surface area (Å²) in [4.78, 5) is 31.2. The summed E-state index contributed by atoms with van der Waals surface area (Å²) in [6, 6.07) is 11.9. The minimum Gasteiger partial charge on any atom is -0.494 e. The van der Waals surface area contributed by atoms with Crippen LogP contribution in [0.1, 0.15) is 54.9 Å². The molecule has 2 aromatic carbocycles. The molecule has 1 aromatic heterocycles. The Hall–Kier alpha value is -2.83. The van der Waals surface area contributed by atoms with Crippen molar-refractivity contribution in [3.63, 3.8) is 0 Å². The molecule has 2 heterocycles. The van der Waals surface area contributed by atoms with Gasteiger partial charge in [-0.1, -0.05) is 37.6 Å². The summed E-state index contributed by atoms with van der Waals surface area (Å²) in [5, 5.41) is 1.04. The van der Waals surface area contributed by atoms with Crippen LogP contribution in [0.25, 0.3) is 11.0 Å². The molecule has 0 bridgehead atoms. The summed E-state index contributed by atoms with van der Waals surface area (Å²) in [5.41, 5.74) is 1.40. The number of carbonyl (C=O) groups is 1. The lowest BCUT2D eigenvalue weighted by atomic mass is 9.98. The molecule has 33 heavy (non-hydrogen) atoms. The predicted molar refractivity (Wildman–Crippen MR) is 130 cm³/mol. The van der Waals surface area contributed by atoms with Gasteiger partial charge in [-0.15, -0.1) is 0 Å². The molecular formula is C26H29ClN2O4. The van der Waals surface area contributed by atoms with Gasteiger partial charge in [0, 0.05) is 17.6 Å². The van der Waals surface area contributed by atoms with Crippen LogP contribution in [0.3, 0.4) is 0 Å². The second-order valence-electron chi connectivity index (χ2n) is 8.10. The Bertz CT molecular complexity index is 1200. The van der Waals surface area contributed by atoms with E-state index in [2.05, 4.69) is 18.7 Å². The van der Waals surface area contributed by atoms with Crippen molar-refractivity contribution in [2.24, 2.45) is 0 Å². The molecule has 1 aliphatic heterocycles. The summed E-state index contributed by atoms with van der Waals surface area (Å²) in [6.45, 7) is 9.95. The molecule has 0 aliphatic carbocycles. The molecule has 0 fully saturated rings.